The van der Waals surface area contributed by atoms with Crippen LogP contribution in [0, 0.1) is 12.7 Å². The van der Waals surface area contributed by atoms with E-state index >= 15 is 0 Å². The Hall–Kier alpha value is -1.14. The number of benzene rings is 1. The number of aryl methyl sites for hydroxylation is 1. The minimum atomic E-state index is -3.62. The molecule has 0 aliphatic heterocycles. The summed E-state index contributed by atoms with van der Waals surface area (Å²) in [5.74, 6) is -0.421. The van der Waals surface area contributed by atoms with E-state index in [4.69, 9.17) is 5.11 Å². The Morgan fingerprint density at radius 2 is 2.12 bits per heavy atom. The van der Waals surface area contributed by atoms with Crippen molar-refractivity contribution in [1.82, 2.24) is 0 Å². The summed E-state index contributed by atoms with van der Waals surface area (Å²) in [6.45, 7) is 2.53. The van der Waals surface area contributed by atoms with Crippen molar-refractivity contribution in [1.29, 1.82) is 0 Å². The molecule has 0 aliphatic carbocycles. The van der Waals surface area contributed by atoms with Crippen LogP contribution in [0.3, 0.4) is 0 Å². The fraction of sp³-hybridized carbons (Fsp3) is 0.400. The van der Waals surface area contributed by atoms with Crippen LogP contribution in [0.1, 0.15) is 12.5 Å². The van der Waals surface area contributed by atoms with E-state index in [1.165, 1.54) is 25.1 Å². The third-order valence-electron chi connectivity index (χ3n) is 2.23. The van der Waals surface area contributed by atoms with Crippen molar-refractivity contribution in [2.45, 2.75) is 19.1 Å². The van der Waals surface area contributed by atoms with Crippen molar-refractivity contribution >= 4 is 15.7 Å². The molecular weight excluding hydrogens is 233 g/mol. The molecule has 1 rings (SSSR count). The number of aliphatic hydroxyl groups is 1. The molecule has 1 aromatic rings. The summed E-state index contributed by atoms with van der Waals surface area (Å²) in [4.78, 5) is 0. The van der Waals surface area contributed by atoms with E-state index < -0.39 is 27.7 Å². The van der Waals surface area contributed by atoms with Gasteiger partial charge < -0.3 is 5.11 Å². The van der Waals surface area contributed by atoms with Crippen molar-refractivity contribution in [2.24, 2.45) is 0 Å². The van der Waals surface area contributed by atoms with Crippen molar-refractivity contribution < 1.29 is 17.9 Å². The Labute approximate surface area is 94.2 Å². The molecule has 0 spiro atoms. The maximum absolute atomic E-state index is 12.8. The van der Waals surface area contributed by atoms with Crippen molar-refractivity contribution in [3.8, 4) is 0 Å². The number of hydrogen-bond donors (Lipinski definition) is 2. The molecule has 1 aromatic carbocycles. The van der Waals surface area contributed by atoms with Gasteiger partial charge in [-0.1, -0.05) is 0 Å². The van der Waals surface area contributed by atoms with Crippen LogP contribution >= 0.6 is 0 Å². The first-order chi connectivity index (χ1) is 7.36. The summed E-state index contributed by atoms with van der Waals surface area (Å²) in [5, 5.41) is 7.88. The van der Waals surface area contributed by atoms with Crippen molar-refractivity contribution in [3.05, 3.63) is 29.6 Å². The molecular formula is C10H14FNO3S. The Morgan fingerprint density at radius 3 is 2.62 bits per heavy atom. The number of hydrogen-bond acceptors (Lipinski definition) is 3. The highest BCUT2D eigenvalue weighted by molar-refractivity contribution is 7.93. The largest absolute Gasteiger partial charge is 0.395 e. The van der Waals surface area contributed by atoms with Gasteiger partial charge in [-0.15, -0.1) is 0 Å². The van der Waals surface area contributed by atoms with Gasteiger partial charge in [0, 0.05) is 0 Å². The number of anilines is 1. The number of sulfonamides is 1. The summed E-state index contributed by atoms with van der Waals surface area (Å²) in [6, 6.07) is 3.77. The Balaban J connectivity index is 2.97. The highest BCUT2D eigenvalue weighted by Gasteiger charge is 2.20. The lowest BCUT2D eigenvalue weighted by atomic mass is 10.2. The van der Waals surface area contributed by atoms with Crippen LogP contribution in [0.5, 0.6) is 0 Å². The molecule has 2 N–H and O–H groups in total. The summed E-state index contributed by atoms with van der Waals surface area (Å²) >= 11 is 0. The summed E-state index contributed by atoms with van der Waals surface area (Å²) < 4.78 is 38.3. The van der Waals surface area contributed by atoms with E-state index in [9.17, 15) is 12.8 Å². The first kappa shape index (κ1) is 12.9. The SMILES string of the molecule is Cc1cc(F)ccc1NS(=O)(=O)C(C)CO. The van der Waals surface area contributed by atoms with Gasteiger partial charge >= 0.3 is 0 Å². The van der Waals surface area contributed by atoms with Gasteiger partial charge in [0.25, 0.3) is 0 Å². The Kier molecular flexibility index (Phi) is 3.88. The predicted octanol–water partition coefficient (Wildman–Crippen LogP) is 1.26. The molecule has 0 aliphatic rings. The molecule has 0 saturated carbocycles. The van der Waals surface area contributed by atoms with Gasteiger partial charge in [-0.2, -0.15) is 0 Å². The minimum Gasteiger partial charge on any atom is -0.395 e. The zero-order chi connectivity index (χ0) is 12.3. The van der Waals surface area contributed by atoms with E-state index in [2.05, 4.69) is 4.72 Å². The lowest BCUT2D eigenvalue weighted by Crippen LogP contribution is -2.28. The topological polar surface area (TPSA) is 66.4 Å². The third kappa shape index (κ3) is 2.93. The average molecular weight is 247 g/mol. The van der Waals surface area contributed by atoms with E-state index in [0.717, 1.165) is 0 Å². The molecule has 1 atom stereocenters. The fourth-order valence-corrected chi connectivity index (χ4v) is 2.03. The van der Waals surface area contributed by atoms with Gasteiger partial charge in [-0.3, -0.25) is 4.72 Å². The fourth-order valence-electron chi connectivity index (χ4n) is 1.09. The first-order valence-corrected chi connectivity index (χ1v) is 6.30. The molecule has 4 nitrogen and oxygen atoms in total. The van der Waals surface area contributed by atoms with Crippen LogP contribution in [-0.4, -0.2) is 25.4 Å². The highest BCUT2D eigenvalue weighted by Crippen LogP contribution is 2.18. The van der Waals surface area contributed by atoms with Crippen molar-refractivity contribution in [2.75, 3.05) is 11.3 Å². The zero-order valence-electron chi connectivity index (χ0n) is 9.07. The second-order valence-electron chi connectivity index (χ2n) is 3.60. The number of rotatable bonds is 4. The maximum Gasteiger partial charge on any atom is 0.237 e. The van der Waals surface area contributed by atoms with Crippen LogP contribution in [-0.2, 0) is 10.0 Å². The normalized spacial score (nSPS) is 13.5. The van der Waals surface area contributed by atoms with Gasteiger partial charge in [0.1, 0.15) is 11.1 Å². The summed E-state index contributed by atoms with van der Waals surface area (Å²) in [5.41, 5.74) is 0.815. The molecule has 0 radical (unpaired) electrons. The molecule has 0 heterocycles. The van der Waals surface area contributed by atoms with Crippen LogP contribution in [0.2, 0.25) is 0 Å². The summed E-state index contributed by atoms with van der Waals surface area (Å²) in [7, 11) is -3.62. The third-order valence-corrected chi connectivity index (χ3v) is 3.94. The Bertz CT molecular complexity index is 473. The molecule has 90 valence electrons. The van der Waals surface area contributed by atoms with Crippen LogP contribution in [0.4, 0.5) is 10.1 Å². The molecule has 0 aromatic heterocycles. The first-order valence-electron chi connectivity index (χ1n) is 4.75. The van der Waals surface area contributed by atoms with Gasteiger partial charge in [0.15, 0.2) is 0 Å². The standard InChI is InChI=1S/C10H14FNO3S/c1-7-5-9(11)3-4-10(7)12-16(14,15)8(2)6-13/h3-5,8,12-13H,6H2,1-2H3. The van der Waals surface area contributed by atoms with E-state index in [1.807, 2.05) is 0 Å². The number of aliphatic hydroxyl groups excluding tert-OH is 1. The van der Waals surface area contributed by atoms with Crippen molar-refractivity contribution in [3.63, 3.8) is 0 Å². The number of nitrogens with one attached hydrogen (secondary N) is 1. The van der Waals surface area contributed by atoms with Gasteiger partial charge in [-0.05, 0) is 37.6 Å². The summed E-state index contributed by atoms with van der Waals surface area (Å²) in [6.07, 6.45) is 0. The molecule has 16 heavy (non-hydrogen) atoms. The lowest BCUT2D eigenvalue weighted by Gasteiger charge is -2.14. The lowest BCUT2D eigenvalue weighted by molar-refractivity contribution is 0.296. The van der Waals surface area contributed by atoms with Gasteiger partial charge in [-0.25, -0.2) is 12.8 Å². The molecule has 1 unspecified atom stereocenters. The average Bonchev–Trinajstić information content (AvgIpc) is 2.21. The molecule has 6 heteroatoms. The second kappa shape index (κ2) is 4.80. The van der Waals surface area contributed by atoms with Crippen LogP contribution in [0.15, 0.2) is 18.2 Å². The molecule has 0 amide bonds. The maximum atomic E-state index is 12.8. The van der Waals surface area contributed by atoms with E-state index in [-0.39, 0.29) is 0 Å². The van der Waals surface area contributed by atoms with E-state index in [0.29, 0.717) is 11.3 Å². The number of halogens is 1. The van der Waals surface area contributed by atoms with Crippen LogP contribution in [0.25, 0.3) is 0 Å². The van der Waals surface area contributed by atoms with E-state index in [1.54, 1.807) is 6.92 Å². The van der Waals surface area contributed by atoms with Gasteiger partial charge in [0.2, 0.25) is 10.0 Å². The minimum absolute atomic E-state index is 0.321. The Morgan fingerprint density at radius 1 is 1.50 bits per heavy atom. The molecule has 0 saturated heterocycles. The van der Waals surface area contributed by atoms with Gasteiger partial charge in [0.05, 0.1) is 12.3 Å². The highest BCUT2D eigenvalue weighted by atomic mass is 32.2. The smallest absolute Gasteiger partial charge is 0.237 e. The monoisotopic (exact) mass is 247 g/mol. The quantitative estimate of drug-likeness (QED) is 0.841. The predicted molar refractivity (Wildman–Crippen MR) is 60.2 cm³/mol. The van der Waals surface area contributed by atoms with Crippen LogP contribution < -0.4 is 4.72 Å². The zero-order valence-corrected chi connectivity index (χ0v) is 9.88. The second-order valence-corrected chi connectivity index (χ2v) is 5.70. The molecule has 0 fully saturated rings. The molecule has 0 bridgehead atoms.